The Labute approximate surface area is 110 Å². The van der Waals surface area contributed by atoms with Gasteiger partial charge in [-0.3, -0.25) is 0 Å². The molecule has 2 N–H and O–H groups in total. The molecular formula is C16H24FN. The molecule has 2 unspecified atom stereocenters. The van der Waals surface area contributed by atoms with Gasteiger partial charge in [0.05, 0.1) is 0 Å². The van der Waals surface area contributed by atoms with Crippen molar-refractivity contribution in [2.24, 2.45) is 11.7 Å². The van der Waals surface area contributed by atoms with Crippen molar-refractivity contribution in [1.29, 1.82) is 0 Å². The highest BCUT2D eigenvalue weighted by atomic mass is 19.1. The van der Waals surface area contributed by atoms with Crippen LogP contribution in [-0.4, -0.2) is 0 Å². The number of aryl methyl sites for hydroxylation is 1. The molecule has 0 saturated heterocycles. The van der Waals surface area contributed by atoms with Crippen LogP contribution in [0.15, 0.2) is 18.2 Å². The van der Waals surface area contributed by atoms with Crippen LogP contribution in [0.2, 0.25) is 0 Å². The summed E-state index contributed by atoms with van der Waals surface area (Å²) in [5, 5.41) is 0. The number of hydrogen-bond donors (Lipinski definition) is 1. The van der Waals surface area contributed by atoms with E-state index in [1.54, 1.807) is 6.07 Å². The molecule has 1 aliphatic rings. The van der Waals surface area contributed by atoms with Gasteiger partial charge in [-0.1, -0.05) is 32.3 Å². The number of rotatable bonds is 2. The molecule has 0 aromatic heterocycles. The number of benzene rings is 1. The summed E-state index contributed by atoms with van der Waals surface area (Å²) in [7, 11) is 0. The van der Waals surface area contributed by atoms with Crippen LogP contribution in [0.1, 0.15) is 56.6 Å². The van der Waals surface area contributed by atoms with Crippen LogP contribution in [0.4, 0.5) is 4.39 Å². The van der Waals surface area contributed by atoms with Gasteiger partial charge in [-0.05, 0) is 55.4 Å². The van der Waals surface area contributed by atoms with Crippen LogP contribution >= 0.6 is 0 Å². The van der Waals surface area contributed by atoms with Gasteiger partial charge >= 0.3 is 0 Å². The largest absolute Gasteiger partial charge is 0.321 e. The maximum atomic E-state index is 13.5. The second-order valence-electron chi connectivity index (χ2n) is 5.82. The minimum absolute atomic E-state index is 0.170. The number of halogens is 1. The van der Waals surface area contributed by atoms with Crippen LogP contribution in [-0.2, 0) is 5.54 Å². The molecule has 18 heavy (non-hydrogen) atoms. The Balaban J connectivity index is 2.27. The monoisotopic (exact) mass is 249 g/mol. The molecule has 2 heteroatoms. The van der Waals surface area contributed by atoms with E-state index in [0.717, 1.165) is 36.3 Å². The highest BCUT2D eigenvalue weighted by molar-refractivity contribution is 5.33. The van der Waals surface area contributed by atoms with Crippen LogP contribution in [0, 0.1) is 18.7 Å². The highest BCUT2D eigenvalue weighted by Crippen LogP contribution is 2.38. The Kier molecular flexibility index (Phi) is 4.06. The van der Waals surface area contributed by atoms with E-state index in [1.165, 1.54) is 25.3 Å². The van der Waals surface area contributed by atoms with Crippen LogP contribution in [0.3, 0.4) is 0 Å². The first-order valence-electron chi connectivity index (χ1n) is 7.10. The fraction of sp³-hybridized carbons (Fsp3) is 0.625. The normalized spacial score (nSPS) is 29.0. The van der Waals surface area contributed by atoms with Gasteiger partial charge in [0.25, 0.3) is 0 Å². The smallest absolute Gasteiger partial charge is 0.123 e. The summed E-state index contributed by atoms with van der Waals surface area (Å²) >= 11 is 0. The van der Waals surface area contributed by atoms with Gasteiger partial charge in [-0.2, -0.15) is 0 Å². The summed E-state index contributed by atoms with van der Waals surface area (Å²) in [6.45, 7) is 4.28. The van der Waals surface area contributed by atoms with E-state index in [9.17, 15) is 4.39 Å². The van der Waals surface area contributed by atoms with Crippen molar-refractivity contribution in [3.63, 3.8) is 0 Å². The van der Waals surface area contributed by atoms with Gasteiger partial charge in [0.2, 0.25) is 0 Å². The number of nitrogens with two attached hydrogens (primary N) is 1. The molecule has 100 valence electrons. The molecule has 0 radical (unpaired) electrons. The van der Waals surface area contributed by atoms with Gasteiger partial charge in [0.15, 0.2) is 0 Å². The van der Waals surface area contributed by atoms with Crippen molar-refractivity contribution in [3.8, 4) is 0 Å². The lowest BCUT2D eigenvalue weighted by molar-refractivity contribution is 0.368. The zero-order chi connectivity index (χ0) is 13.2. The predicted molar refractivity (Wildman–Crippen MR) is 73.9 cm³/mol. The average Bonchev–Trinajstić information content (AvgIpc) is 2.55. The molecule has 1 aromatic rings. The first-order valence-corrected chi connectivity index (χ1v) is 7.10. The quantitative estimate of drug-likeness (QED) is 0.778. The summed E-state index contributed by atoms with van der Waals surface area (Å²) < 4.78 is 13.5. The van der Waals surface area contributed by atoms with Gasteiger partial charge in [0.1, 0.15) is 5.82 Å². The van der Waals surface area contributed by atoms with E-state index >= 15 is 0 Å². The lowest BCUT2D eigenvalue weighted by Crippen LogP contribution is -2.37. The van der Waals surface area contributed by atoms with Gasteiger partial charge in [0, 0.05) is 5.54 Å². The van der Waals surface area contributed by atoms with Crippen molar-refractivity contribution in [1.82, 2.24) is 0 Å². The molecule has 1 fully saturated rings. The highest BCUT2D eigenvalue weighted by Gasteiger charge is 2.31. The number of hydrogen-bond acceptors (Lipinski definition) is 1. The summed E-state index contributed by atoms with van der Waals surface area (Å²) in [6.07, 6.45) is 6.79. The fourth-order valence-electron chi connectivity index (χ4n) is 3.25. The van der Waals surface area contributed by atoms with Gasteiger partial charge < -0.3 is 5.73 Å². The van der Waals surface area contributed by atoms with Crippen LogP contribution in [0.25, 0.3) is 0 Å². The average molecular weight is 249 g/mol. The minimum Gasteiger partial charge on any atom is -0.321 e. The summed E-state index contributed by atoms with van der Waals surface area (Å²) in [5.74, 6) is 0.626. The standard InChI is InChI=1S/C16H24FN/c1-3-13-5-4-9-16(18,10-8-13)15-11-14(17)7-6-12(15)2/h6-7,11,13H,3-5,8-10,18H2,1-2H3. The van der Waals surface area contributed by atoms with Crippen molar-refractivity contribution >= 4 is 0 Å². The zero-order valence-corrected chi connectivity index (χ0v) is 11.5. The molecule has 1 aromatic carbocycles. The Morgan fingerprint density at radius 3 is 2.83 bits per heavy atom. The maximum Gasteiger partial charge on any atom is 0.123 e. The lowest BCUT2D eigenvalue weighted by atomic mass is 9.81. The van der Waals surface area contributed by atoms with E-state index in [1.807, 2.05) is 13.0 Å². The molecule has 2 atom stereocenters. The first-order chi connectivity index (χ1) is 8.55. The molecule has 0 amide bonds. The third-order valence-electron chi connectivity index (χ3n) is 4.55. The van der Waals surface area contributed by atoms with Crippen molar-refractivity contribution in [2.75, 3.05) is 0 Å². The lowest BCUT2D eigenvalue weighted by Gasteiger charge is -2.30. The predicted octanol–water partition coefficient (Wildman–Crippen LogP) is 4.28. The van der Waals surface area contributed by atoms with E-state index in [2.05, 4.69) is 6.92 Å². The molecular weight excluding hydrogens is 225 g/mol. The Bertz CT molecular complexity index is 416. The molecule has 0 spiro atoms. The third kappa shape index (κ3) is 2.74. The molecule has 1 aliphatic carbocycles. The van der Waals surface area contributed by atoms with E-state index in [-0.39, 0.29) is 11.4 Å². The Morgan fingerprint density at radius 1 is 1.33 bits per heavy atom. The SMILES string of the molecule is CCC1CCCC(N)(c2cc(F)ccc2C)CC1. The Morgan fingerprint density at radius 2 is 2.11 bits per heavy atom. The topological polar surface area (TPSA) is 26.0 Å². The molecule has 1 nitrogen and oxygen atoms in total. The van der Waals surface area contributed by atoms with Crippen molar-refractivity contribution in [2.45, 2.75) is 57.9 Å². The molecule has 0 aliphatic heterocycles. The molecule has 0 bridgehead atoms. The second-order valence-corrected chi connectivity index (χ2v) is 5.82. The maximum absolute atomic E-state index is 13.5. The zero-order valence-electron chi connectivity index (χ0n) is 11.5. The summed E-state index contributed by atoms with van der Waals surface area (Å²) in [4.78, 5) is 0. The van der Waals surface area contributed by atoms with Crippen molar-refractivity contribution < 1.29 is 4.39 Å². The Hall–Kier alpha value is -0.890. The first kappa shape index (κ1) is 13.5. The van der Waals surface area contributed by atoms with Crippen LogP contribution < -0.4 is 5.73 Å². The molecule has 0 heterocycles. The minimum atomic E-state index is -0.323. The third-order valence-corrected chi connectivity index (χ3v) is 4.55. The van der Waals surface area contributed by atoms with Crippen LogP contribution in [0.5, 0.6) is 0 Å². The summed E-state index contributed by atoms with van der Waals surface area (Å²) in [6, 6.07) is 5.01. The molecule has 1 saturated carbocycles. The summed E-state index contributed by atoms with van der Waals surface area (Å²) in [5.41, 5.74) is 8.41. The second kappa shape index (κ2) is 5.40. The van der Waals surface area contributed by atoms with Gasteiger partial charge in [-0.25, -0.2) is 4.39 Å². The van der Waals surface area contributed by atoms with E-state index in [0.29, 0.717) is 0 Å². The van der Waals surface area contributed by atoms with E-state index < -0.39 is 0 Å². The molecule has 2 rings (SSSR count). The fourth-order valence-corrected chi connectivity index (χ4v) is 3.25. The van der Waals surface area contributed by atoms with Crippen molar-refractivity contribution in [3.05, 3.63) is 35.1 Å². The van der Waals surface area contributed by atoms with E-state index in [4.69, 9.17) is 5.73 Å². The van der Waals surface area contributed by atoms with Gasteiger partial charge in [-0.15, -0.1) is 0 Å².